The van der Waals surface area contributed by atoms with Crippen LogP contribution in [0.1, 0.15) is 46.6 Å². The van der Waals surface area contributed by atoms with E-state index in [9.17, 15) is 23.6 Å². The number of hydrogen-bond donors (Lipinski definition) is 0. The molecule has 1 fully saturated rings. The fourth-order valence-corrected chi connectivity index (χ4v) is 5.29. The van der Waals surface area contributed by atoms with E-state index < -0.39 is 52.5 Å². The Balaban J connectivity index is 1.88. The van der Waals surface area contributed by atoms with Gasteiger partial charge < -0.3 is 4.74 Å². The molecule has 1 unspecified atom stereocenters. The molecular formula is C26H26ClFN2O5. The van der Waals surface area contributed by atoms with Gasteiger partial charge in [-0.15, -0.1) is 0 Å². The Morgan fingerprint density at radius 3 is 2.43 bits per heavy atom. The average Bonchev–Trinajstić information content (AvgIpc) is 3.16. The van der Waals surface area contributed by atoms with E-state index >= 15 is 0 Å². The number of fused-ring (bicyclic) bond motifs is 1. The van der Waals surface area contributed by atoms with Gasteiger partial charge in [0, 0.05) is 11.4 Å². The normalized spacial score (nSPS) is 22.3. The van der Waals surface area contributed by atoms with Gasteiger partial charge in [0.15, 0.2) is 0 Å². The number of anilines is 2. The molecule has 184 valence electrons. The number of benzene rings is 2. The third-order valence-electron chi connectivity index (χ3n) is 6.45. The Labute approximate surface area is 207 Å². The summed E-state index contributed by atoms with van der Waals surface area (Å²) in [6, 6.07) is 9.91. The van der Waals surface area contributed by atoms with Crippen molar-refractivity contribution >= 4 is 46.8 Å². The predicted molar refractivity (Wildman–Crippen MR) is 129 cm³/mol. The van der Waals surface area contributed by atoms with Crippen molar-refractivity contribution in [2.24, 2.45) is 11.8 Å². The summed E-state index contributed by atoms with van der Waals surface area (Å²) in [5.41, 5.74) is -1.96. The van der Waals surface area contributed by atoms with E-state index in [4.69, 9.17) is 16.3 Å². The number of amides is 4. The smallest absolute Gasteiger partial charge is 0.421 e. The summed E-state index contributed by atoms with van der Waals surface area (Å²) in [5.74, 6) is -4.19. The summed E-state index contributed by atoms with van der Waals surface area (Å²) in [5, 5.41) is 0.339. The third-order valence-corrected chi connectivity index (χ3v) is 6.69. The van der Waals surface area contributed by atoms with Gasteiger partial charge in [0.25, 0.3) is 0 Å². The summed E-state index contributed by atoms with van der Waals surface area (Å²) in [7, 11) is 0. The van der Waals surface area contributed by atoms with E-state index in [-0.39, 0.29) is 23.4 Å². The number of hydrogen-bond acceptors (Lipinski definition) is 5. The minimum Gasteiger partial charge on any atom is -0.443 e. The number of nitrogens with zero attached hydrogens (tertiary/aromatic N) is 2. The first-order chi connectivity index (χ1) is 16.3. The maximum absolute atomic E-state index is 14.5. The minimum absolute atomic E-state index is 0.140. The number of ether oxygens (including phenoxy) is 1. The van der Waals surface area contributed by atoms with Crippen molar-refractivity contribution in [2.75, 3.05) is 9.80 Å². The molecule has 35 heavy (non-hydrogen) atoms. The van der Waals surface area contributed by atoms with E-state index in [0.717, 1.165) is 21.9 Å². The first-order valence-corrected chi connectivity index (χ1v) is 11.7. The van der Waals surface area contributed by atoms with Crippen LogP contribution in [0, 0.1) is 17.7 Å². The van der Waals surface area contributed by atoms with Crippen LogP contribution in [0.25, 0.3) is 0 Å². The zero-order valence-electron chi connectivity index (χ0n) is 20.1. The summed E-state index contributed by atoms with van der Waals surface area (Å²) in [6.45, 7) is 8.41. The lowest BCUT2D eigenvalue weighted by atomic mass is 9.63. The molecule has 0 saturated carbocycles. The molecule has 2 heterocycles. The lowest BCUT2D eigenvalue weighted by Gasteiger charge is -2.36. The second kappa shape index (κ2) is 8.45. The molecule has 2 aliphatic rings. The van der Waals surface area contributed by atoms with Crippen molar-refractivity contribution in [3.63, 3.8) is 0 Å². The molecule has 0 radical (unpaired) electrons. The molecule has 2 aliphatic heterocycles. The standard InChI is InChI=1S/C26H26ClFN2O5/c1-14(2)26(19-13-21(31)29(22(19)32)17-8-6-7-15(27)11-17)18-12-16(28)9-10-20(18)30(23(26)33)24(34)35-25(3,4)5/h6-12,14,19H,13H2,1-5H3/t19-,26?/m1/s1. The van der Waals surface area contributed by atoms with Crippen LogP contribution in [0.2, 0.25) is 5.02 Å². The van der Waals surface area contributed by atoms with Gasteiger partial charge in [-0.3, -0.25) is 19.3 Å². The Bertz CT molecular complexity index is 1250. The Morgan fingerprint density at radius 1 is 1.14 bits per heavy atom. The highest BCUT2D eigenvalue weighted by Gasteiger charge is 2.64. The lowest BCUT2D eigenvalue weighted by molar-refractivity contribution is -0.133. The monoisotopic (exact) mass is 500 g/mol. The van der Waals surface area contributed by atoms with Gasteiger partial charge in [-0.25, -0.2) is 14.1 Å². The van der Waals surface area contributed by atoms with Gasteiger partial charge in [-0.2, -0.15) is 0 Å². The van der Waals surface area contributed by atoms with Crippen molar-refractivity contribution in [3.8, 4) is 0 Å². The molecular weight excluding hydrogens is 475 g/mol. The van der Waals surface area contributed by atoms with Gasteiger partial charge in [-0.1, -0.05) is 31.5 Å². The SMILES string of the molecule is CC(C)C1([C@@H]2CC(=O)N(c3cccc(Cl)c3)C2=O)C(=O)N(C(=O)OC(C)(C)C)c2ccc(F)cc21. The van der Waals surface area contributed by atoms with E-state index in [1.54, 1.807) is 52.8 Å². The first kappa shape index (κ1) is 24.9. The average molecular weight is 501 g/mol. The van der Waals surface area contributed by atoms with Gasteiger partial charge >= 0.3 is 6.09 Å². The van der Waals surface area contributed by atoms with Gasteiger partial charge in [0.2, 0.25) is 17.7 Å². The summed E-state index contributed by atoms with van der Waals surface area (Å²) in [6.07, 6.45) is -1.21. The summed E-state index contributed by atoms with van der Waals surface area (Å²) < 4.78 is 20.0. The Kier molecular flexibility index (Phi) is 6.00. The molecule has 0 aromatic heterocycles. The number of rotatable bonds is 3. The largest absolute Gasteiger partial charge is 0.443 e. The predicted octanol–water partition coefficient (Wildman–Crippen LogP) is 5.23. The van der Waals surface area contributed by atoms with E-state index in [0.29, 0.717) is 5.02 Å². The molecule has 0 aliphatic carbocycles. The fraction of sp³-hybridized carbons (Fsp3) is 0.385. The Hall–Kier alpha value is -3.26. The quantitative estimate of drug-likeness (QED) is 0.538. The van der Waals surface area contributed by atoms with Crippen LogP contribution < -0.4 is 9.80 Å². The van der Waals surface area contributed by atoms with Gasteiger partial charge in [0.1, 0.15) is 11.4 Å². The maximum Gasteiger partial charge on any atom is 0.421 e. The highest BCUT2D eigenvalue weighted by molar-refractivity contribution is 6.31. The topological polar surface area (TPSA) is 84.0 Å². The van der Waals surface area contributed by atoms with Crippen LogP contribution >= 0.6 is 11.6 Å². The van der Waals surface area contributed by atoms with Crippen LogP contribution in [-0.2, 0) is 24.5 Å². The van der Waals surface area contributed by atoms with Gasteiger partial charge in [0.05, 0.1) is 22.7 Å². The van der Waals surface area contributed by atoms with Crippen molar-refractivity contribution in [3.05, 3.63) is 58.9 Å². The second-order valence-electron chi connectivity index (χ2n) is 10.1. The number of carbonyl (C=O) groups is 4. The molecule has 4 amide bonds. The maximum atomic E-state index is 14.5. The molecule has 2 aromatic carbocycles. The van der Waals surface area contributed by atoms with Crippen molar-refractivity contribution in [1.29, 1.82) is 0 Å². The molecule has 0 N–H and O–H groups in total. The molecule has 2 aromatic rings. The van der Waals surface area contributed by atoms with Crippen LogP contribution in [-0.4, -0.2) is 29.4 Å². The fourth-order valence-electron chi connectivity index (χ4n) is 5.10. The number of carbonyl (C=O) groups excluding carboxylic acids is 4. The number of imide groups is 2. The molecule has 0 spiro atoms. The van der Waals surface area contributed by atoms with Crippen LogP contribution in [0.5, 0.6) is 0 Å². The highest BCUT2D eigenvalue weighted by Crippen LogP contribution is 2.54. The van der Waals surface area contributed by atoms with Crippen LogP contribution in [0.15, 0.2) is 42.5 Å². The minimum atomic E-state index is -1.66. The van der Waals surface area contributed by atoms with E-state index in [2.05, 4.69) is 0 Å². The van der Waals surface area contributed by atoms with E-state index in [1.807, 2.05) is 0 Å². The first-order valence-electron chi connectivity index (χ1n) is 11.3. The summed E-state index contributed by atoms with van der Waals surface area (Å²) in [4.78, 5) is 55.9. The molecule has 0 bridgehead atoms. The van der Waals surface area contributed by atoms with E-state index in [1.165, 1.54) is 12.1 Å². The zero-order valence-corrected chi connectivity index (χ0v) is 20.9. The van der Waals surface area contributed by atoms with Gasteiger partial charge in [-0.05, 0) is 68.7 Å². The van der Waals surface area contributed by atoms with Crippen LogP contribution in [0.4, 0.5) is 20.6 Å². The molecule has 4 rings (SSSR count). The highest BCUT2D eigenvalue weighted by atomic mass is 35.5. The second-order valence-corrected chi connectivity index (χ2v) is 10.5. The Morgan fingerprint density at radius 2 is 1.83 bits per heavy atom. The van der Waals surface area contributed by atoms with Crippen molar-refractivity contribution < 1.29 is 28.3 Å². The summed E-state index contributed by atoms with van der Waals surface area (Å²) >= 11 is 6.07. The number of halogens is 2. The molecule has 7 nitrogen and oxygen atoms in total. The third kappa shape index (κ3) is 3.89. The van der Waals surface area contributed by atoms with Crippen LogP contribution in [0.3, 0.4) is 0 Å². The van der Waals surface area contributed by atoms with Crippen molar-refractivity contribution in [2.45, 2.75) is 52.1 Å². The molecule has 9 heteroatoms. The molecule has 1 saturated heterocycles. The zero-order chi connectivity index (χ0) is 25.9. The van der Waals surface area contributed by atoms with Crippen molar-refractivity contribution in [1.82, 2.24) is 0 Å². The molecule has 2 atom stereocenters. The lowest BCUT2D eigenvalue weighted by Crippen LogP contribution is -2.53.